The zero-order chi connectivity index (χ0) is 14.9. The first-order valence-electron chi connectivity index (χ1n) is 5.54. The predicted molar refractivity (Wildman–Crippen MR) is 68.8 cm³/mol. The number of rotatable bonds is 4. The third-order valence-electron chi connectivity index (χ3n) is 2.64. The average Bonchev–Trinajstić information content (AvgIpc) is 2.68. The number of nitrogens with zero attached hydrogens (tertiary/aromatic N) is 2. The van der Waals surface area contributed by atoms with Crippen LogP contribution in [0.5, 0.6) is 0 Å². The van der Waals surface area contributed by atoms with Crippen LogP contribution in [0.15, 0.2) is 24.5 Å². The van der Waals surface area contributed by atoms with Crippen LogP contribution in [-0.4, -0.2) is 24.4 Å². The highest BCUT2D eigenvalue weighted by atomic mass is 32.2. The van der Waals surface area contributed by atoms with Crippen molar-refractivity contribution in [1.29, 1.82) is 0 Å². The Kier molecular flexibility index (Phi) is 3.84. The van der Waals surface area contributed by atoms with Gasteiger partial charge >= 0.3 is 10.2 Å². The van der Waals surface area contributed by atoms with E-state index in [-0.39, 0.29) is 17.7 Å². The number of pyridine rings is 1. The molecule has 20 heavy (non-hydrogen) atoms. The van der Waals surface area contributed by atoms with Gasteiger partial charge in [0.05, 0.1) is 5.56 Å². The van der Waals surface area contributed by atoms with E-state index in [9.17, 15) is 17.2 Å². The van der Waals surface area contributed by atoms with Gasteiger partial charge in [-0.1, -0.05) is 0 Å². The molecule has 0 aliphatic carbocycles. The highest BCUT2D eigenvalue weighted by molar-refractivity contribution is 7.87. The second-order valence-electron chi connectivity index (χ2n) is 4.03. The van der Waals surface area contributed by atoms with Crippen molar-refractivity contribution in [3.05, 3.63) is 41.9 Å². The van der Waals surface area contributed by atoms with E-state index >= 15 is 0 Å². The maximum absolute atomic E-state index is 14.3. The molecule has 0 saturated heterocycles. The molecule has 0 radical (unpaired) electrons. The zero-order valence-corrected chi connectivity index (χ0v) is 11.3. The summed E-state index contributed by atoms with van der Waals surface area (Å²) < 4.78 is 51.5. The molecule has 0 aromatic carbocycles. The van der Waals surface area contributed by atoms with Crippen molar-refractivity contribution < 1.29 is 17.2 Å². The van der Waals surface area contributed by atoms with Crippen LogP contribution in [0.4, 0.5) is 8.78 Å². The normalized spacial score (nSPS) is 11.8. The van der Waals surface area contributed by atoms with Crippen molar-refractivity contribution in [1.82, 2.24) is 14.3 Å². The van der Waals surface area contributed by atoms with Crippen LogP contribution in [0.2, 0.25) is 0 Å². The molecule has 2 heterocycles. The fourth-order valence-corrected chi connectivity index (χ4v) is 2.53. The summed E-state index contributed by atoms with van der Waals surface area (Å²) in [7, 11) is -2.70. The lowest BCUT2D eigenvalue weighted by atomic mass is 10.2. The van der Waals surface area contributed by atoms with Crippen molar-refractivity contribution in [2.75, 3.05) is 7.05 Å². The molecule has 2 aromatic heterocycles. The van der Waals surface area contributed by atoms with Gasteiger partial charge in [0.2, 0.25) is 5.95 Å². The van der Waals surface area contributed by atoms with Crippen LogP contribution >= 0.6 is 0 Å². The largest absolute Gasteiger partial charge is 0.316 e. The molecular formula is C11H12F2N4O2S. The fraction of sp³-hybridized carbons (Fsp3) is 0.182. The molecule has 2 rings (SSSR count). The standard InChI is InChI=1S/C11H12F2N4O2S/c1-15-5-7-6-17(20(14,18)19)10(9(7)12)8-3-2-4-16-11(8)13/h2-4,6,15H,5H2,1H3,(H2,14,18,19). The minimum atomic E-state index is -4.26. The molecule has 6 nitrogen and oxygen atoms in total. The van der Waals surface area contributed by atoms with Crippen LogP contribution in [0.1, 0.15) is 5.56 Å². The first-order chi connectivity index (χ1) is 9.36. The summed E-state index contributed by atoms with van der Waals surface area (Å²) in [6, 6.07) is 2.60. The Balaban J connectivity index is 2.77. The molecule has 0 unspecified atom stereocenters. The number of nitrogens with two attached hydrogens (primary N) is 1. The lowest BCUT2D eigenvalue weighted by Crippen LogP contribution is -2.22. The maximum atomic E-state index is 14.3. The third-order valence-corrected chi connectivity index (χ3v) is 3.48. The minimum absolute atomic E-state index is 0.0554. The topological polar surface area (TPSA) is 90.0 Å². The van der Waals surface area contributed by atoms with Crippen molar-refractivity contribution >= 4 is 10.2 Å². The number of nitrogens with one attached hydrogen (secondary N) is 1. The summed E-state index contributed by atoms with van der Waals surface area (Å²) in [6.07, 6.45) is 2.19. The number of hydrogen-bond acceptors (Lipinski definition) is 4. The van der Waals surface area contributed by atoms with E-state index in [2.05, 4.69) is 10.3 Å². The zero-order valence-electron chi connectivity index (χ0n) is 10.5. The van der Waals surface area contributed by atoms with Gasteiger partial charge in [0, 0.05) is 24.5 Å². The van der Waals surface area contributed by atoms with Crippen LogP contribution in [0.25, 0.3) is 11.3 Å². The van der Waals surface area contributed by atoms with E-state index in [0.717, 1.165) is 6.20 Å². The molecule has 0 aliphatic heterocycles. The molecule has 108 valence electrons. The SMILES string of the molecule is CNCc1cn(S(N)(=O)=O)c(-c2cccnc2F)c1F. The Bertz CT molecular complexity index is 743. The van der Waals surface area contributed by atoms with Gasteiger partial charge in [0.1, 0.15) is 5.69 Å². The lowest BCUT2D eigenvalue weighted by molar-refractivity contribution is 0.575. The molecule has 0 saturated carbocycles. The van der Waals surface area contributed by atoms with Gasteiger partial charge in [-0.15, -0.1) is 0 Å². The molecule has 0 aliphatic rings. The monoisotopic (exact) mass is 302 g/mol. The van der Waals surface area contributed by atoms with E-state index in [1.807, 2.05) is 0 Å². The van der Waals surface area contributed by atoms with Crippen molar-refractivity contribution in [2.45, 2.75) is 6.54 Å². The molecule has 9 heteroatoms. The first kappa shape index (κ1) is 14.6. The molecule has 0 spiro atoms. The van der Waals surface area contributed by atoms with Gasteiger partial charge in [-0.25, -0.2) is 18.5 Å². The van der Waals surface area contributed by atoms with Gasteiger partial charge < -0.3 is 5.32 Å². The average molecular weight is 302 g/mol. The van der Waals surface area contributed by atoms with Gasteiger partial charge in [0.25, 0.3) is 0 Å². The summed E-state index contributed by atoms with van der Waals surface area (Å²) in [4.78, 5) is 3.38. The Morgan fingerprint density at radius 1 is 1.45 bits per heavy atom. The molecule has 0 amide bonds. The summed E-state index contributed by atoms with van der Waals surface area (Å²) in [5, 5.41) is 7.71. The molecule has 0 fully saturated rings. The summed E-state index contributed by atoms with van der Waals surface area (Å²) in [5.74, 6) is -1.84. The van der Waals surface area contributed by atoms with E-state index in [0.29, 0.717) is 3.97 Å². The van der Waals surface area contributed by atoms with Crippen molar-refractivity contribution in [3.63, 3.8) is 0 Å². The fourth-order valence-electron chi connectivity index (χ4n) is 1.83. The Hall–Kier alpha value is -1.84. The number of aromatic nitrogens is 2. The van der Waals surface area contributed by atoms with Crippen LogP contribution in [0.3, 0.4) is 0 Å². The second kappa shape index (κ2) is 5.27. The Labute approximate surface area is 114 Å². The number of hydrogen-bond donors (Lipinski definition) is 2. The smallest absolute Gasteiger partial charge is 0.302 e. The van der Waals surface area contributed by atoms with Gasteiger partial charge in [-0.3, -0.25) is 0 Å². The van der Waals surface area contributed by atoms with Gasteiger partial charge in [-0.2, -0.15) is 12.8 Å². The highest BCUT2D eigenvalue weighted by Crippen LogP contribution is 2.29. The van der Waals surface area contributed by atoms with Crippen molar-refractivity contribution in [3.8, 4) is 11.3 Å². The first-order valence-corrected chi connectivity index (χ1v) is 7.05. The van der Waals surface area contributed by atoms with Gasteiger partial charge in [0.15, 0.2) is 5.82 Å². The molecule has 2 aromatic rings. The van der Waals surface area contributed by atoms with E-state index in [4.69, 9.17) is 5.14 Å². The molecular weight excluding hydrogens is 290 g/mol. The Morgan fingerprint density at radius 3 is 2.70 bits per heavy atom. The summed E-state index contributed by atoms with van der Waals surface area (Å²) in [5.41, 5.74) is -0.690. The third kappa shape index (κ3) is 2.55. The van der Waals surface area contributed by atoms with Crippen molar-refractivity contribution in [2.24, 2.45) is 5.14 Å². The quantitative estimate of drug-likeness (QED) is 0.809. The predicted octanol–water partition coefficient (Wildman–Crippen LogP) is 0.599. The van der Waals surface area contributed by atoms with Crippen LogP contribution < -0.4 is 10.5 Å². The Morgan fingerprint density at radius 2 is 2.15 bits per heavy atom. The minimum Gasteiger partial charge on any atom is -0.316 e. The molecule has 0 bridgehead atoms. The van der Waals surface area contributed by atoms with Crippen LogP contribution in [0, 0.1) is 11.8 Å². The van der Waals surface area contributed by atoms with Gasteiger partial charge in [-0.05, 0) is 19.2 Å². The molecule has 0 atom stereocenters. The van der Waals surface area contributed by atoms with Crippen LogP contribution in [-0.2, 0) is 16.8 Å². The molecule has 3 N–H and O–H groups in total. The number of halogens is 2. The second-order valence-corrected chi connectivity index (χ2v) is 5.45. The highest BCUT2D eigenvalue weighted by Gasteiger charge is 2.24. The summed E-state index contributed by atoms with van der Waals surface area (Å²) >= 11 is 0. The lowest BCUT2D eigenvalue weighted by Gasteiger charge is -2.06. The van der Waals surface area contributed by atoms with E-state index in [1.165, 1.54) is 18.3 Å². The van der Waals surface area contributed by atoms with E-state index in [1.54, 1.807) is 7.05 Å². The van der Waals surface area contributed by atoms with E-state index < -0.39 is 27.7 Å². The maximum Gasteiger partial charge on any atom is 0.302 e. The summed E-state index contributed by atoms with van der Waals surface area (Å²) in [6.45, 7) is 0.0727.